The molecule has 0 heterocycles. The van der Waals surface area contributed by atoms with Crippen LogP contribution in [-0.2, 0) is 12.8 Å². The summed E-state index contributed by atoms with van der Waals surface area (Å²) in [5.41, 5.74) is 3.45. The van der Waals surface area contributed by atoms with Crippen molar-refractivity contribution < 1.29 is 0 Å². The van der Waals surface area contributed by atoms with E-state index in [1.54, 1.807) is 0 Å². The van der Waals surface area contributed by atoms with E-state index in [-0.39, 0.29) is 0 Å². The van der Waals surface area contributed by atoms with Crippen LogP contribution < -0.4 is 5.32 Å². The molecule has 0 aromatic heterocycles. The summed E-state index contributed by atoms with van der Waals surface area (Å²) in [5.74, 6) is 0.846. The first-order chi connectivity index (χ1) is 8.06. The van der Waals surface area contributed by atoms with Crippen molar-refractivity contribution >= 4 is 0 Å². The minimum Gasteiger partial charge on any atom is -0.316 e. The molecule has 1 heteroatoms. The van der Waals surface area contributed by atoms with Crippen LogP contribution in [0.25, 0.3) is 0 Å². The monoisotopic (exact) mass is 231 g/mol. The van der Waals surface area contributed by atoms with Crippen molar-refractivity contribution in [1.29, 1.82) is 0 Å². The van der Waals surface area contributed by atoms with Gasteiger partial charge in [0.05, 0.1) is 0 Å². The van der Waals surface area contributed by atoms with Gasteiger partial charge in [0.15, 0.2) is 0 Å². The van der Waals surface area contributed by atoms with Crippen molar-refractivity contribution in [2.24, 2.45) is 11.3 Å². The van der Waals surface area contributed by atoms with Gasteiger partial charge < -0.3 is 5.32 Å². The van der Waals surface area contributed by atoms with Crippen molar-refractivity contribution in [2.45, 2.75) is 46.1 Å². The lowest BCUT2D eigenvalue weighted by atomic mass is 9.96. The fourth-order valence-electron chi connectivity index (χ4n) is 2.81. The van der Waals surface area contributed by atoms with Crippen LogP contribution in [0.5, 0.6) is 0 Å². The van der Waals surface area contributed by atoms with Crippen LogP contribution in [0, 0.1) is 11.3 Å². The molecule has 1 aliphatic rings. The first-order valence-corrected chi connectivity index (χ1v) is 6.82. The highest BCUT2D eigenvalue weighted by Gasteiger charge is 2.49. The number of nitrogens with one attached hydrogen (secondary N) is 1. The van der Waals surface area contributed by atoms with Crippen molar-refractivity contribution in [3.05, 3.63) is 35.4 Å². The van der Waals surface area contributed by atoms with Gasteiger partial charge in [-0.05, 0) is 48.8 Å². The molecule has 0 spiro atoms. The van der Waals surface area contributed by atoms with Crippen molar-refractivity contribution in [2.75, 3.05) is 7.05 Å². The summed E-state index contributed by atoms with van der Waals surface area (Å²) in [7, 11) is 2.10. The molecule has 94 valence electrons. The summed E-state index contributed by atoms with van der Waals surface area (Å²) in [6.45, 7) is 6.96. The second kappa shape index (κ2) is 4.81. The Bertz CT molecular complexity index is 364. The van der Waals surface area contributed by atoms with E-state index in [1.807, 2.05) is 0 Å². The van der Waals surface area contributed by atoms with E-state index in [2.05, 4.69) is 57.4 Å². The Morgan fingerprint density at radius 2 is 1.76 bits per heavy atom. The average molecular weight is 231 g/mol. The van der Waals surface area contributed by atoms with E-state index in [9.17, 15) is 0 Å². The highest BCUT2D eigenvalue weighted by atomic mass is 14.9. The highest BCUT2D eigenvalue weighted by Crippen LogP contribution is 2.53. The molecule has 0 radical (unpaired) electrons. The Morgan fingerprint density at radius 1 is 1.24 bits per heavy atom. The predicted molar refractivity (Wildman–Crippen MR) is 74.3 cm³/mol. The molecule has 0 aliphatic heterocycles. The molecular weight excluding hydrogens is 206 g/mol. The van der Waals surface area contributed by atoms with Crippen LogP contribution in [0.3, 0.4) is 0 Å². The molecule has 2 atom stereocenters. The fraction of sp³-hybridized carbons (Fsp3) is 0.625. The zero-order chi connectivity index (χ0) is 12.5. The molecule has 2 unspecified atom stereocenters. The Balaban J connectivity index is 1.98. The average Bonchev–Trinajstić information content (AvgIpc) is 2.96. The van der Waals surface area contributed by atoms with Gasteiger partial charge in [-0.1, -0.05) is 45.0 Å². The van der Waals surface area contributed by atoms with E-state index < -0.39 is 0 Å². The third-order valence-corrected chi connectivity index (χ3v) is 4.33. The van der Waals surface area contributed by atoms with Crippen LogP contribution in [-0.4, -0.2) is 13.1 Å². The minimum atomic E-state index is 0.553. The molecule has 0 saturated heterocycles. The van der Waals surface area contributed by atoms with Gasteiger partial charge in [0.1, 0.15) is 0 Å². The highest BCUT2D eigenvalue weighted by molar-refractivity contribution is 5.24. The maximum atomic E-state index is 3.50. The Kier molecular flexibility index (Phi) is 3.58. The van der Waals surface area contributed by atoms with Crippen LogP contribution in [0.1, 0.15) is 38.3 Å². The van der Waals surface area contributed by atoms with Crippen LogP contribution >= 0.6 is 0 Å². The van der Waals surface area contributed by atoms with Gasteiger partial charge in [0.2, 0.25) is 0 Å². The van der Waals surface area contributed by atoms with Crippen LogP contribution in [0.15, 0.2) is 24.3 Å². The number of benzene rings is 1. The van der Waals surface area contributed by atoms with Gasteiger partial charge in [-0.15, -0.1) is 0 Å². The summed E-state index contributed by atoms with van der Waals surface area (Å²) in [6, 6.07) is 9.74. The normalized spacial score (nSPS) is 23.4. The molecular formula is C16H25N. The molecule has 2 rings (SSSR count). The third kappa shape index (κ3) is 2.90. The summed E-state index contributed by atoms with van der Waals surface area (Å²) in [4.78, 5) is 0. The molecule has 17 heavy (non-hydrogen) atoms. The zero-order valence-corrected chi connectivity index (χ0v) is 11.6. The van der Waals surface area contributed by atoms with Gasteiger partial charge in [-0.3, -0.25) is 0 Å². The smallest absolute Gasteiger partial charge is 0.0138 e. The second-order valence-electron chi connectivity index (χ2n) is 6.07. The summed E-state index contributed by atoms with van der Waals surface area (Å²) in [5, 5.41) is 3.50. The number of hydrogen-bond acceptors (Lipinski definition) is 1. The quantitative estimate of drug-likeness (QED) is 0.818. The lowest BCUT2D eigenvalue weighted by Crippen LogP contribution is -2.31. The summed E-state index contributed by atoms with van der Waals surface area (Å²) < 4.78 is 0. The maximum Gasteiger partial charge on any atom is 0.0138 e. The van der Waals surface area contributed by atoms with E-state index in [0.29, 0.717) is 11.5 Å². The molecule has 1 aromatic rings. The van der Waals surface area contributed by atoms with Crippen molar-refractivity contribution in [3.8, 4) is 0 Å². The third-order valence-electron chi connectivity index (χ3n) is 4.33. The molecule has 1 N–H and O–H groups in total. The van der Waals surface area contributed by atoms with Gasteiger partial charge in [0.25, 0.3) is 0 Å². The largest absolute Gasteiger partial charge is 0.316 e. The molecule has 1 saturated carbocycles. The first kappa shape index (κ1) is 12.6. The first-order valence-electron chi connectivity index (χ1n) is 6.82. The van der Waals surface area contributed by atoms with E-state index in [4.69, 9.17) is 0 Å². The van der Waals surface area contributed by atoms with Gasteiger partial charge in [0, 0.05) is 6.04 Å². The SMILES string of the molecule is CCc1ccc(CC(NC)C2CC2(C)C)cc1. The van der Waals surface area contributed by atoms with Crippen LogP contribution in [0.4, 0.5) is 0 Å². The van der Waals surface area contributed by atoms with E-state index >= 15 is 0 Å². The van der Waals surface area contributed by atoms with Gasteiger partial charge in [-0.2, -0.15) is 0 Å². The topological polar surface area (TPSA) is 12.0 Å². The van der Waals surface area contributed by atoms with E-state index in [1.165, 1.54) is 17.5 Å². The van der Waals surface area contributed by atoms with E-state index in [0.717, 1.165) is 18.8 Å². The number of hydrogen-bond donors (Lipinski definition) is 1. The minimum absolute atomic E-state index is 0.553. The standard InChI is InChI=1S/C16H25N/c1-5-12-6-8-13(9-7-12)10-15(17-4)14-11-16(14,2)3/h6-9,14-15,17H,5,10-11H2,1-4H3. The Labute approximate surface area is 106 Å². The Hall–Kier alpha value is -0.820. The van der Waals surface area contributed by atoms with Crippen LogP contribution in [0.2, 0.25) is 0 Å². The summed E-state index contributed by atoms with van der Waals surface area (Å²) >= 11 is 0. The molecule has 0 bridgehead atoms. The summed E-state index contributed by atoms with van der Waals surface area (Å²) in [6.07, 6.45) is 3.66. The second-order valence-corrected chi connectivity index (χ2v) is 6.07. The zero-order valence-electron chi connectivity index (χ0n) is 11.6. The maximum absolute atomic E-state index is 3.50. The lowest BCUT2D eigenvalue weighted by molar-refractivity contribution is 0.426. The fourth-order valence-corrected chi connectivity index (χ4v) is 2.81. The van der Waals surface area contributed by atoms with Crippen molar-refractivity contribution in [1.82, 2.24) is 5.32 Å². The number of rotatable bonds is 5. The predicted octanol–water partition coefficient (Wildman–Crippen LogP) is 3.43. The molecule has 1 aromatic carbocycles. The lowest BCUT2D eigenvalue weighted by Gasteiger charge is -2.18. The van der Waals surface area contributed by atoms with Gasteiger partial charge >= 0.3 is 0 Å². The van der Waals surface area contributed by atoms with Gasteiger partial charge in [-0.25, -0.2) is 0 Å². The number of aryl methyl sites for hydroxylation is 1. The number of likely N-dealkylation sites (N-methyl/N-ethyl adjacent to an activating group) is 1. The molecule has 1 nitrogen and oxygen atoms in total. The Morgan fingerprint density at radius 3 is 2.18 bits per heavy atom. The molecule has 1 fully saturated rings. The van der Waals surface area contributed by atoms with Crippen molar-refractivity contribution in [3.63, 3.8) is 0 Å². The molecule has 1 aliphatic carbocycles. The molecule has 0 amide bonds.